The Bertz CT molecular complexity index is 697. The third kappa shape index (κ3) is 5.45. The summed E-state index contributed by atoms with van der Waals surface area (Å²) in [6.07, 6.45) is 4.15. The van der Waals surface area contributed by atoms with Crippen LogP contribution in [0.4, 0.5) is 0 Å². The van der Waals surface area contributed by atoms with Crippen LogP contribution in [0.1, 0.15) is 39.0 Å². The first kappa shape index (κ1) is 17.6. The summed E-state index contributed by atoms with van der Waals surface area (Å²) in [7, 11) is 0. The van der Waals surface area contributed by atoms with Crippen LogP contribution in [0.15, 0.2) is 29.0 Å². The third-order valence-corrected chi connectivity index (χ3v) is 3.41. The van der Waals surface area contributed by atoms with E-state index >= 15 is 0 Å². The lowest BCUT2D eigenvalue weighted by Crippen LogP contribution is -2.43. The summed E-state index contributed by atoms with van der Waals surface area (Å²) in [6.45, 7) is 3.59. The van der Waals surface area contributed by atoms with Gasteiger partial charge in [-0.2, -0.15) is 4.98 Å². The summed E-state index contributed by atoms with van der Waals surface area (Å²) in [5.74, 6) is -0.240. The average Bonchev–Trinajstić information content (AvgIpc) is 3.01. The van der Waals surface area contributed by atoms with Crippen LogP contribution in [0.3, 0.4) is 0 Å². The van der Waals surface area contributed by atoms with Crippen LogP contribution >= 0.6 is 0 Å². The van der Waals surface area contributed by atoms with Crippen molar-refractivity contribution in [2.45, 2.75) is 45.1 Å². The first-order valence-electron chi connectivity index (χ1n) is 7.61. The Morgan fingerprint density at radius 1 is 1.25 bits per heavy atom. The van der Waals surface area contributed by atoms with Crippen molar-refractivity contribution < 1.29 is 19.2 Å². The number of amides is 1. The van der Waals surface area contributed by atoms with E-state index in [1.807, 2.05) is 0 Å². The number of carbonyl (C=O) groups is 2. The van der Waals surface area contributed by atoms with E-state index in [1.54, 1.807) is 38.4 Å². The molecular formula is C16H20N4O4. The molecule has 2 heterocycles. The average molecular weight is 332 g/mol. The van der Waals surface area contributed by atoms with Gasteiger partial charge in [0.05, 0.1) is 0 Å². The van der Waals surface area contributed by atoms with Crippen LogP contribution in [0.2, 0.25) is 0 Å². The first-order chi connectivity index (χ1) is 11.4. The van der Waals surface area contributed by atoms with Crippen molar-refractivity contribution in [3.8, 4) is 11.4 Å². The second-order valence-corrected chi connectivity index (χ2v) is 6.07. The molecule has 2 aromatic heterocycles. The van der Waals surface area contributed by atoms with Crippen molar-refractivity contribution in [1.82, 2.24) is 20.4 Å². The quantitative estimate of drug-likeness (QED) is 0.757. The minimum atomic E-state index is -0.883. The largest absolute Gasteiger partial charge is 0.481 e. The molecule has 1 amide bonds. The van der Waals surface area contributed by atoms with Crippen molar-refractivity contribution in [3.05, 3.63) is 30.4 Å². The number of nitrogens with zero attached hydrogens (tertiary/aromatic N) is 3. The zero-order valence-electron chi connectivity index (χ0n) is 13.7. The molecule has 0 atom stereocenters. The van der Waals surface area contributed by atoms with Crippen LogP contribution in [-0.4, -0.2) is 37.6 Å². The van der Waals surface area contributed by atoms with Crippen LogP contribution in [-0.2, 0) is 16.0 Å². The SMILES string of the molecule is CC(C)(CCC(=O)O)NC(=O)CCc1nc(-c2ccncc2)no1. The van der Waals surface area contributed by atoms with Gasteiger partial charge in [0.1, 0.15) is 0 Å². The van der Waals surface area contributed by atoms with E-state index in [2.05, 4.69) is 20.4 Å². The smallest absolute Gasteiger partial charge is 0.303 e. The van der Waals surface area contributed by atoms with Gasteiger partial charge in [-0.15, -0.1) is 0 Å². The number of carbonyl (C=O) groups excluding carboxylic acids is 1. The number of hydrogen-bond acceptors (Lipinski definition) is 6. The summed E-state index contributed by atoms with van der Waals surface area (Å²) in [6, 6.07) is 3.54. The van der Waals surface area contributed by atoms with Gasteiger partial charge < -0.3 is 14.9 Å². The normalized spacial score (nSPS) is 11.2. The monoisotopic (exact) mass is 332 g/mol. The predicted molar refractivity (Wildman–Crippen MR) is 84.9 cm³/mol. The van der Waals surface area contributed by atoms with Crippen molar-refractivity contribution in [3.63, 3.8) is 0 Å². The molecule has 0 bridgehead atoms. The Morgan fingerprint density at radius 2 is 1.96 bits per heavy atom. The Morgan fingerprint density at radius 3 is 2.62 bits per heavy atom. The number of carboxylic acids is 1. The molecule has 8 heteroatoms. The van der Waals surface area contributed by atoms with Gasteiger partial charge in [0.25, 0.3) is 0 Å². The first-order valence-corrected chi connectivity index (χ1v) is 7.61. The van der Waals surface area contributed by atoms with E-state index in [4.69, 9.17) is 9.63 Å². The standard InChI is InChI=1S/C16H20N4O4/c1-16(2,8-5-14(22)23)19-12(21)3-4-13-18-15(20-24-13)11-6-9-17-10-7-11/h6-7,9-10H,3-5,8H2,1-2H3,(H,19,21)(H,22,23). The van der Waals surface area contributed by atoms with E-state index in [-0.39, 0.29) is 18.7 Å². The van der Waals surface area contributed by atoms with E-state index in [0.29, 0.717) is 24.6 Å². The number of hydrogen-bond donors (Lipinski definition) is 2. The number of carboxylic acid groups (broad SMARTS) is 1. The van der Waals surface area contributed by atoms with Gasteiger partial charge in [-0.05, 0) is 32.4 Å². The second-order valence-electron chi connectivity index (χ2n) is 6.07. The van der Waals surface area contributed by atoms with Gasteiger partial charge >= 0.3 is 5.97 Å². The third-order valence-electron chi connectivity index (χ3n) is 3.41. The van der Waals surface area contributed by atoms with Gasteiger partial charge in [0.15, 0.2) is 0 Å². The topological polar surface area (TPSA) is 118 Å². The summed E-state index contributed by atoms with van der Waals surface area (Å²) in [5, 5.41) is 15.4. The highest BCUT2D eigenvalue weighted by Crippen LogP contribution is 2.15. The molecule has 0 unspecified atom stereocenters. The van der Waals surface area contributed by atoms with E-state index in [0.717, 1.165) is 5.56 Å². The molecule has 0 saturated heterocycles. The minimum Gasteiger partial charge on any atom is -0.481 e. The number of aryl methyl sites for hydroxylation is 1. The molecule has 2 rings (SSSR count). The number of aliphatic carboxylic acids is 1. The highest BCUT2D eigenvalue weighted by atomic mass is 16.5. The maximum atomic E-state index is 12.0. The number of pyridine rings is 1. The summed E-state index contributed by atoms with van der Waals surface area (Å²) in [5.41, 5.74) is 0.214. The molecule has 2 N–H and O–H groups in total. The van der Waals surface area contributed by atoms with E-state index < -0.39 is 11.5 Å². The van der Waals surface area contributed by atoms with Crippen LogP contribution < -0.4 is 5.32 Å². The minimum absolute atomic E-state index is 0.00618. The van der Waals surface area contributed by atoms with Gasteiger partial charge in [-0.1, -0.05) is 5.16 Å². The van der Waals surface area contributed by atoms with Crippen molar-refractivity contribution in [1.29, 1.82) is 0 Å². The molecule has 24 heavy (non-hydrogen) atoms. The molecule has 0 spiro atoms. The number of nitrogens with one attached hydrogen (secondary N) is 1. The zero-order chi connectivity index (χ0) is 17.6. The molecular weight excluding hydrogens is 312 g/mol. The molecule has 2 aromatic rings. The zero-order valence-corrected chi connectivity index (χ0v) is 13.7. The molecule has 0 aliphatic rings. The van der Waals surface area contributed by atoms with Crippen LogP contribution in [0.25, 0.3) is 11.4 Å². The van der Waals surface area contributed by atoms with Crippen LogP contribution in [0, 0.1) is 0 Å². The predicted octanol–water partition coefficient (Wildman–Crippen LogP) is 1.82. The Labute approximate surface area is 139 Å². The second kappa shape index (κ2) is 7.67. The van der Waals surface area contributed by atoms with Gasteiger partial charge in [-0.3, -0.25) is 14.6 Å². The Balaban J connectivity index is 1.84. The molecule has 128 valence electrons. The summed E-state index contributed by atoms with van der Waals surface area (Å²) >= 11 is 0. The fourth-order valence-electron chi connectivity index (χ4n) is 2.12. The summed E-state index contributed by atoms with van der Waals surface area (Å²) in [4.78, 5) is 30.8. The molecule has 0 fully saturated rings. The van der Waals surface area contributed by atoms with Crippen molar-refractivity contribution in [2.75, 3.05) is 0 Å². The van der Waals surface area contributed by atoms with E-state index in [1.165, 1.54) is 0 Å². The molecule has 8 nitrogen and oxygen atoms in total. The molecule has 0 aliphatic carbocycles. The van der Waals surface area contributed by atoms with Crippen molar-refractivity contribution in [2.24, 2.45) is 0 Å². The lowest BCUT2D eigenvalue weighted by molar-refractivity contribution is -0.137. The molecule has 0 radical (unpaired) electrons. The maximum Gasteiger partial charge on any atom is 0.303 e. The molecule has 0 aliphatic heterocycles. The lowest BCUT2D eigenvalue weighted by Gasteiger charge is -2.25. The molecule has 0 aromatic carbocycles. The van der Waals surface area contributed by atoms with Gasteiger partial charge in [0, 0.05) is 42.8 Å². The Hall–Kier alpha value is -2.77. The maximum absolute atomic E-state index is 12.0. The lowest BCUT2D eigenvalue weighted by atomic mass is 9.98. The van der Waals surface area contributed by atoms with Crippen molar-refractivity contribution >= 4 is 11.9 Å². The van der Waals surface area contributed by atoms with Crippen LogP contribution in [0.5, 0.6) is 0 Å². The van der Waals surface area contributed by atoms with E-state index in [9.17, 15) is 9.59 Å². The van der Waals surface area contributed by atoms with Gasteiger partial charge in [-0.25, -0.2) is 0 Å². The fourth-order valence-corrected chi connectivity index (χ4v) is 2.12. The Kier molecular flexibility index (Phi) is 5.62. The highest BCUT2D eigenvalue weighted by molar-refractivity contribution is 5.77. The van der Waals surface area contributed by atoms with Gasteiger partial charge in [0.2, 0.25) is 17.6 Å². The fraction of sp³-hybridized carbons (Fsp3) is 0.438. The highest BCUT2D eigenvalue weighted by Gasteiger charge is 2.21. The summed E-state index contributed by atoms with van der Waals surface area (Å²) < 4.78 is 5.14. The molecule has 0 saturated carbocycles. The number of rotatable bonds is 8. The number of aromatic nitrogens is 3.